The summed E-state index contributed by atoms with van der Waals surface area (Å²) in [5.41, 5.74) is 5.55. The maximum Gasteiger partial charge on any atom is 0.0445 e. The van der Waals surface area contributed by atoms with Crippen LogP contribution in [0.1, 0.15) is 30.4 Å². The van der Waals surface area contributed by atoms with Crippen LogP contribution in [0.25, 0.3) is 11.3 Å². The van der Waals surface area contributed by atoms with E-state index in [0.717, 1.165) is 19.4 Å². The molecule has 1 aliphatic carbocycles. The lowest BCUT2D eigenvalue weighted by molar-refractivity contribution is 0.301. The third-order valence-corrected chi connectivity index (χ3v) is 5.00. The third kappa shape index (κ3) is 3.07. The van der Waals surface area contributed by atoms with Gasteiger partial charge in [0.2, 0.25) is 0 Å². The normalized spacial score (nSPS) is 20.5. The number of benzene rings is 2. The average molecular weight is 313 g/mol. The zero-order valence-electron chi connectivity index (χ0n) is 13.9. The molecule has 1 atom stereocenters. The summed E-state index contributed by atoms with van der Waals surface area (Å²) in [6.07, 6.45) is 12.7. The van der Waals surface area contributed by atoms with E-state index in [2.05, 4.69) is 89.9 Å². The van der Waals surface area contributed by atoms with Crippen molar-refractivity contribution in [3.63, 3.8) is 0 Å². The summed E-state index contributed by atoms with van der Waals surface area (Å²) in [4.78, 5) is 2.59. The van der Waals surface area contributed by atoms with Gasteiger partial charge in [0.15, 0.2) is 0 Å². The molecule has 2 aliphatic rings. The maximum atomic E-state index is 2.59. The standard InChI is InChI=1S/C23H23N/c1-3-10-19(11-4-1)21-14-9-15-22(18-21)24-17-8-7-16-23(24)20-12-5-2-6-13-20/h1-8,10-14,16,22H,9,15,17-18H2. The van der Waals surface area contributed by atoms with Crippen LogP contribution in [0.15, 0.2) is 85.0 Å². The van der Waals surface area contributed by atoms with Gasteiger partial charge >= 0.3 is 0 Å². The van der Waals surface area contributed by atoms with E-state index in [9.17, 15) is 0 Å². The zero-order valence-corrected chi connectivity index (χ0v) is 13.9. The maximum absolute atomic E-state index is 2.59. The first kappa shape index (κ1) is 15.0. The van der Waals surface area contributed by atoms with Crippen LogP contribution in [-0.4, -0.2) is 17.5 Å². The molecule has 2 aromatic carbocycles. The predicted octanol–water partition coefficient (Wildman–Crippen LogP) is 5.54. The summed E-state index contributed by atoms with van der Waals surface area (Å²) in [7, 11) is 0. The minimum atomic E-state index is 0.571. The van der Waals surface area contributed by atoms with Crippen LogP contribution in [0.5, 0.6) is 0 Å². The van der Waals surface area contributed by atoms with Gasteiger partial charge in [-0.05, 0) is 42.0 Å². The lowest BCUT2D eigenvalue weighted by Crippen LogP contribution is -2.36. The van der Waals surface area contributed by atoms with Gasteiger partial charge in [0, 0.05) is 18.3 Å². The highest BCUT2D eigenvalue weighted by molar-refractivity contribution is 5.70. The van der Waals surface area contributed by atoms with E-state index in [0.29, 0.717) is 6.04 Å². The van der Waals surface area contributed by atoms with E-state index in [1.165, 1.54) is 28.8 Å². The molecule has 1 nitrogen and oxygen atoms in total. The van der Waals surface area contributed by atoms with Crippen molar-refractivity contribution in [3.8, 4) is 0 Å². The highest BCUT2D eigenvalue weighted by Crippen LogP contribution is 2.34. The van der Waals surface area contributed by atoms with Gasteiger partial charge < -0.3 is 4.90 Å². The molecule has 0 amide bonds. The van der Waals surface area contributed by atoms with Crippen LogP contribution in [-0.2, 0) is 0 Å². The number of nitrogens with zero attached hydrogens (tertiary/aromatic N) is 1. The van der Waals surface area contributed by atoms with E-state index in [1.807, 2.05) is 0 Å². The molecule has 0 radical (unpaired) electrons. The Hall–Kier alpha value is -2.54. The number of allylic oxidation sites excluding steroid dienone is 3. The topological polar surface area (TPSA) is 3.24 Å². The van der Waals surface area contributed by atoms with Gasteiger partial charge in [0.25, 0.3) is 0 Å². The van der Waals surface area contributed by atoms with Crippen molar-refractivity contribution < 1.29 is 0 Å². The Bertz CT molecular complexity index is 768. The van der Waals surface area contributed by atoms with E-state index >= 15 is 0 Å². The molecule has 1 aliphatic heterocycles. The summed E-state index contributed by atoms with van der Waals surface area (Å²) in [6.45, 7) is 1.01. The molecular weight excluding hydrogens is 290 g/mol. The van der Waals surface area contributed by atoms with Crippen LogP contribution in [0.2, 0.25) is 0 Å². The van der Waals surface area contributed by atoms with Crippen LogP contribution in [0.4, 0.5) is 0 Å². The quantitative estimate of drug-likeness (QED) is 0.719. The second kappa shape index (κ2) is 6.92. The molecule has 0 bridgehead atoms. The van der Waals surface area contributed by atoms with E-state index in [4.69, 9.17) is 0 Å². The smallest absolute Gasteiger partial charge is 0.0445 e. The summed E-state index contributed by atoms with van der Waals surface area (Å²) >= 11 is 0. The molecular formula is C23H23N. The van der Waals surface area contributed by atoms with Gasteiger partial charge in [-0.1, -0.05) is 78.9 Å². The monoisotopic (exact) mass is 313 g/mol. The molecule has 0 fully saturated rings. The van der Waals surface area contributed by atoms with Crippen molar-refractivity contribution in [3.05, 3.63) is 96.1 Å². The van der Waals surface area contributed by atoms with E-state index < -0.39 is 0 Å². The molecule has 0 saturated heterocycles. The van der Waals surface area contributed by atoms with Crippen molar-refractivity contribution in [2.24, 2.45) is 0 Å². The second-order valence-electron chi connectivity index (χ2n) is 6.53. The molecule has 120 valence electrons. The molecule has 0 saturated carbocycles. The van der Waals surface area contributed by atoms with Crippen molar-refractivity contribution in [2.45, 2.75) is 25.3 Å². The molecule has 1 unspecified atom stereocenters. The lowest BCUT2D eigenvalue weighted by atomic mass is 9.88. The fraction of sp³-hybridized carbons (Fsp3) is 0.217. The second-order valence-corrected chi connectivity index (χ2v) is 6.53. The van der Waals surface area contributed by atoms with Crippen LogP contribution >= 0.6 is 0 Å². The van der Waals surface area contributed by atoms with Gasteiger partial charge in [0.1, 0.15) is 0 Å². The Balaban J connectivity index is 1.58. The fourth-order valence-corrected chi connectivity index (χ4v) is 3.79. The minimum Gasteiger partial charge on any atom is -0.364 e. The SMILES string of the molecule is C1=CCN(C2CCC=C(c3ccccc3)C2)C(c2ccccc2)=C1. The largest absolute Gasteiger partial charge is 0.364 e. The van der Waals surface area contributed by atoms with Gasteiger partial charge in [-0.25, -0.2) is 0 Å². The molecule has 24 heavy (non-hydrogen) atoms. The predicted molar refractivity (Wildman–Crippen MR) is 102 cm³/mol. The average Bonchev–Trinajstić information content (AvgIpc) is 2.69. The number of hydrogen-bond acceptors (Lipinski definition) is 1. The van der Waals surface area contributed by atoms with Crippen LogP contribution < -0.4 is 0 Å². The summed E-state index contributed by atoms with van der Waals surface area (Å²) < 4.78 is 0. The molecule has 0 aromatic heterocycles. The first-order valence-corrected chi connectivity index (χ1v) is 8.85. The molecule has 4 rings (SSSR count). The number of hydrogen-bond donors (Lipinski definition) is 0. The summed E-state index contributed by atoms with van der Waals surface area (Å²) in [5.74, 6) is 0. The summed E-state index contributed by atoms with van der Waals surface area (Å²) in [5, 5.41) is 0. The van der Waals surface area contributed by atoms with Gasteiger partial charge in [-0.15, -0.1) is 0 Å². The highest BCUT2D eigenvalue weighted by Gasteiger charge is 2.25. The Morgan fingerprint density at radius 1 is 0.833 bits per heavy atom. The van der Waals surface area contributed by atoms with E-state index in [1.54, 1.807) is 0 Å². The molecule has 2 aromatic rings. The molecule has 1 heteroatoms. The van der Waals surface area contributed by atoms with Crippen LogP contribution in [0, 0.1) is 0 Å². The first-order valence-electron chi connectivity index (χ1n) is 8.85. The Morgan fingerprint density at radius 2 is 1.54 bits per heavy atom. The number of rotatable bonds is 3. The third-order valence-electron chi connectivity index (χ3n) is 5.00. The zero-order chi connectivity index (χ0) is 16.2. The Morgan fingerprint density at radius 3 is 2.29 bits per heavy atom. The van der Waals surface area contributed by atoms with Gasteiger partial charge in [-0.2, -0.15) is 0 Å². The Kier molecular flexibility index (Phi) is 4.33. The van der Waals surface area contributed by atoms with Gasteiger partial charge in [0.05, 0.1) is 0 Å². The van der Waals surface area contributed by atoms with Crippen molar-refractivity contribution in [1.29, 1.82) is 0 Å². The van der Waals surface area contributed by atoms with Crippen LogP contribution in [0.3, 0.4) is 0 Å². The van der Waals surface area contributed by atoms with Crippen molar-refractivity contribution in [2.75, 3.05) is 6.54 Å². The fourth-order valence-electron chi connectivity index (χ4n) is 3.79. The minimum absolute atomic E-state index is 0.571. The molecule has 0 spiro atoms. The van der Waals surface area contributed by atoms with E-state index in [-0.39, 0.29) is 0 Å². The Labute approximate surface area is 144 Å². The first-order chi connectivity index (χ1) is 11.9. The molecule has 0 N–H and O–H groups in total. The highest BCUT2D eigenvalue weighted by atomic mass is 15.2. The van der Waals surface area contributed by atoms with Gasteiger partial charge in [-0.3, -0.25) is 0 Å². The summed E-state index contributed by atoms with van der Waals surface area (Å²) in [6, 6.07) is 22.2. The molecule has 1 heterocycles. The lowest BCUT2D eigenvalue weighted by Gasteiger charge is -2.38. The van der Waals surface area contributed by atoms with Crippen molar-refractivity contribution >= 4 is 11.3 Å². The van der Waals surface area contributed by atoms with Crippen molar-refractivity contribution in [1.82, 2.24) is 4.90 Å².